The molecule has 0 spiro atoms. The van der Waals surface area contributed by atoms with Gasteiger partial charge in [-0.1, -0.05) is 12.1 Å². The largest absolute Gasteiger partial charge is 0.323 e. The molecule has 1 aliphatic carbocycles. The number of rotatable bonds is 4. The van der Waals surface area contributed by atoms with Crippen molar-refractivity contribution in [1.29, 1.82) is 0 Å². The average molecular weight is 305 g/mol. The third-order valence-corrected chi connectivity index (χ3v) is 4.98. The normalized spacial score (nSPS) is 15.0. The maximum atomic E-state index is 13.2. The standard InChI is InChI=1S/C17H17F2NS/c18-15-7-5-13(9-16(15)19)17(20)10-21-14-6-4-11-2-1-3-12(11)8-14/h4-9,17H,1-3,10,20H2. The third kappa shape index (κ3) is 3.27. The summed E-state index contributed by atoms with van der Waals surface area (Å²) in [5, 5.41) is 0. The molecule has 0 amide bonds. The summed E-state index contributed by atoms with van der Waals surface area (Å²) in [5.41, 5.74) is 9.57. The smallest absolute Gasteiger partial charge is 0.159 e. The Morgan fingerprint density at radius 3 is 2.62 bits per heavy atom. The predicted octanol–water partition coefficient (Wildman–Crippen LogP) is 4.25. The van der Waals surface area contributed by atoms with Crippen molar-refractivity contribution in [2.45, 2.75) is 30.2 Å². The molecule has 0 saturated carbocycles. The van der Waals surface area contributed by atoms with E-state index < -0.39 is 11.6 Å². The summed E-state index contributed by atoms with van der Waals surface area (Å²) < 4.78 is 26.1. The van der Waals surface area contributed by atoms with Crippen LogP contribution in [0.15, 0.2) is 41.3 Å². The second kappa shape index (κ2) is 6.16. The van der Waals surface area contributed by atoms with Crippen molar-refractivity contribution < 1.29 is 8.78 Å². The van der Waals surface area contributed by atoms with Crippen LogP contribution in [0.25, 0.3) is 0 Å². The number of fused-ring (bicyclic) bond motifs is 1. The summed E-state index contributed by atoms with van der Waals surface area (Å²) in [4.78, 5) is 1.19. The van der Waals surface area contributed by atoms with Gasteiger partial charge in [0, 0.05) is 16.7 Å². The molecule has 2 aromatic carbocycles. The van der Waals surface area contributed by atoms with Crippen molar-refractivity contribution in [3.63, 3.8) is 0 Å². The highest BCUT2D eigenvalue weighted by molar-refractivity contribution is 7.99. The molecule has 2 aromatic rings. The summed E-state index contributed by atoms with van der Waals surface area (Å²) in [6.45, 7) is 0. The molecule has 1 aliphatic rings. The molecule has 0 saturated heterocycles. The Balaban J connectivity index is 1.65. The second-order valence-electron chi connectivity index (χ2n) is 5.38. The number of thioether (sulfide) groups is 1. The summed E-state index contributed by atoms with van der Waals surface area (Å²) in [5.74, 6) is -1.04. The topological polar surface area (TPSA) is 26.0 Å². The van der Waals surface area contributed by atoms with E-state index in [1.807, 2.05) is 0 Å². The van der Waals surface area contributed by atoms with E-state index in [0.717, 1.165) is 12.5 Å². The van der Waals surface area contributed by atoms with Crippen LogP contribution in [0.1, 0.15) is 29.2 Å². The van der Waals surface area contributed by atoms with Gasteiger partial charge in [0.25, 0.3) is 0 Å². The van der Waals surface area contributed by atoms with E-state index in [2.05, 4.69) is 18.2 Å². The fourth-order valence-electron chi connectivity index (χ4n) is 2.66. The predicted molar refractivity (Wildman–Crippen MR) is 82.5 cm³/mol. The Hall–Kier alpha value is -1.39. The first kappa shape index (κ1) is 14.5. The van der Waals surface area contributed by atoms with Gasteiger partial charge in [-0.3, -0.25) is 0 Å². The van der Waals surface area contributed by atoms with Gasteiger partial charge in [-0.25, -0.2) is 8.78 Å². The number of hydrogen-bond acceptors (Lipinski definition) is 2. The lowest BCUT2D eigenvalue weighted by Crippen LogP contribution is -2.13. The molecule has 1 atom stereocenters. The van der Waals surface area contributed by atoms with Gasteiger partial charge < -0.3 is 5.73 Å². The summed E-state index contributed by atoms with van der Waals surface area (Å²) >= 11 is 1.66. The SMILES string of the molecule is NC(CSc1ccc2c(c1)CCC2)c1ccc(F)c(F)c1. The molecule has 0 heterocycles. The first-order chi connectivity index (χ1) is 10.1. The van der Waals surface area contributed by atoms with Crippen LogP contribution in [0.4, 0.5) is 8.78 Å². The van der Waals surface area contributed by atoms with Gasteiger partial charge in [0.05, 0.1) is 0 Å². The van der Waals surface area contributed by atoms with E-state index >= 15 is 0 Å². The zero-order chi connectivity index (χ0) is 14.8. The number of benzene rings is 2. The van der Waals surface area contributed by atoms with Crippen LogP contribution >= 0.6 is 11.8 Å². The van der Waals surface area contributed by atoms with Gasteiger partial charge >= 0.3 is 0 Å². The minimum Gasteiger partial charge on any atom is -0.323 e. The minimum atomic E-state index is -0.842. The number of halogens is 2. The first-order valence-corrected chi connectivity index (χ1v) is 8.07. The van der Waals surface area contributed by atoms with Crippen molar-refractivity contribution in [3.05, 3.63) is 64.7 Å². The Morgan fingerprint density at radius 1 is 1.00 bits per heavy atom. The van der Waals surface area contributed by atoms with Crippen molar-refractivity contribution >= 4 is 11.8 Å². The van der Waals surface area contributed by atoms with Crippen LogP contribution in [0.5, 0.6) is 0 Å². The molecule has 0 fully saturated rings. The zero-order valence-corrected chi connectivity index (χ0v) is 12.4. The molecular weight excluding hydrogens is 288 g/mol. The molecule has 110 valence electrons. The van der Waals surface area contributed by atoms with Gasteiger partial charge in [0.1, 0.15) is 0 Å². The quantitative estimate of drug-likeness (QED) is 0.855. The fraction of sp³-hybridized carbons (Fsp3) is 0.294. The molecule has 0 bridgehead atoms. The molecule has 21 heavy (non-hydrogen) atoms. The van der Waals surface area contributed by atoms with Crippen LogP contribution in [0.2, 0.25) is 0 Å². The van der Waals surface area contributed by atoms with Gasteiger partial charge in [0.15, 0.2) is 11.6 Å². The van der Waals surface area contributed by atoms with Gasteiger partial charge in [-0.2, -0.15) is 0 Å². The van der Waals surface area contributed by atoms with Crippen molar-refractivity contribution in [2.75, 3.05) is 5.75 Å². The Morgan fingerprint density at radius 2 is 1.81 bits per heavy atom. The van der Waals surface area contributed by atoms with Crippen molar-refractivity contribution in [2.24, 2.45) is 5.73 Å². The third-order valence-electron chi connectivity index (χ3n) is 3.87. The van der Waals surface area contributed by atoms with Crippen LogP contribution in [-0.2, 0) is 12.8 Å². The lowest BCUT2D eigenvalue weighted by atomic mass is 10.1. The van der Waals surface area contributed by atoms with Crippen LogP contribution < -0.4 is 5.73 Å². The van der Waals surface area contributed by atoms with E-state index in [9.17, 15) is 8.78 Å². The van der Waals surface area contributed by atoms with Crippen molar-refractivity contribution in [3.8, 4) is 0 Å². The summed E-state index contributed by atoms with van der Waals surface area (Å²) in [6, 6.07) is 10.1. The molecule has 0 aliphatic heterocycles. The number of nitrogens with two attached hydrogens (primary N) is 1. The summed E-state index contributed by atoms with van der Waals surface area (Å²) in [7, 11) is 0. The zero-order valence-electron chi connectivity index (χ0n) is 11.6. The average Bonchev–Trinajstić information content (AvgIpc) is 2.95. The van der Waals surface area contributed by atoms with Crippen LogP contribution in [-0.4, -0.2) is 5.75 Å². The maximum absolute atomic E-state index is 13.2. The summed E-state index contributed by atoms with van der Waals surface area (Å²) in [6.07, 6.45) is 3.56. The van der Waals surface area contributed by atoms with Crippen LogP contribution in [0.3, 0.4) is 0 Å². The Bertz CT molecular complexity index is 657. The monoisotopic (exact) mass is 305 g/mol. The van der Waals surface area contributed by atoms with Gasteiger partial charge in [0.2, 0.25) is 0 Å². The molecule has 1 unspecified atom stereocenters. The number of hydrogen-bond donors (Lipinski definition) is 1. The highest BCUT2D eigenvalue weighted by Crippen LogP contribution is 2.29. The Labute approximate surface area is 127 Å². The second-order valence-corrected chi connectivity index (χ2v) is 6.47. The fourth-order valence-corrected chi connectivity index (χ4v) is 3.62. The van der Waals surface area contributed by atoms with E-state index in [1.54, 1.807) is 17.8 Å². The molecular formula is C17H17F2NS. The lowest BCUT2D eigenvalue weighted by Gasteiger charge is -2.12. The molecule has 1 nitrogen and oxygen atoms in total. The molecule has 2 N–H and O–H groups in total. The van der Waals surface area contributed by atoms with E-state index in [-0.39, 0.29) is 6.04 Å². The molecule has 4 heteroatoms. The molecule has 0 radical (unpaired) electrons. The minimum absolute atomic E-state index is 0.307. The highest BCUT2D eigenvalue weighted by atomic mass is 32.2. The van der Waals surface area contributed by atoms with Gasteiger partial charge in [-0.05, 0) is 60.2 Å². The molecule has 0 aromatic heterocycles. The van der Waals surface area contributed by atoms with Crippen LogP contribution in [0, 0.1) is 11.6 Å². The number of aryl methyl sites for hydroxylation is 2. The Kier molecular flexibility index (Phi) is 4.27. The van der Waals surface area contributed by atoms with E-state index in [4.69, 9.17) is 5.73 Å². The van der Waals surface area contributed by atoms with E-state index in [1.165, 1.54) is 34.9 Å². The highest BCUT2D eigenvalue weighted by Gasteiger charge is 2.13. The van der Waals surface area contributed by atoms with Gasteiger partial charge in [-0.15, -0.1) is 11.8 Å². The van der Waals surface area contributed by atoms with Crippen molar-refractivity contribution in [1.82, 2.24) is 0 Å². The van der Waals surface area contributed by atoms with E-state index in [0.29, 0.717) is 11.3 Å². The maximum Gasteiger partial charge on any atom is 0.159 e. The molecule has 3 rings (SSSR count). The first-order valence-electron chi connectivity index (χ1n) is 7.08. The lowest BCUT2D eigenvalue weighted by molar-refractivity contribution is 0.506.